The molecule has 3 aromatic heterocycles. The summed E-state index contributed by atoms with van der Waals surface area (Å²) in [4.78, 5) is 22.9. The molecule has 0 saturated heterocycles. The van der Waals surface area contributed by atoms with Crippen molar-refractivity contribution in [2.75, 3.05) is 13.1 Å². The molecule has 0 saturated carbocycles. The van der Waals surface area contributed by atoms with Gasteiger partial charge in [-0.05, 0) is 58.3 Å². The zero-order chi connectivity index (χ0) is 17.2. The van der Waals surface area contributed by atoms with Gasteiger partial charge in [-0.2, -0.15) is 0 Å². The number of carbonyl (C=O) groups is 1. The number of aromatic nitrogens is 2. The van der Waals surface area contributed by atoms with Crippen molar-refractivity contribution in [2.45, 2.75) is 6.42 Å². The zero-order valence-corrected chi connectivity index (χ0v) is 15.8. The molecule has 0 spiro atoms. The predicted octanol–water partition coefficient (Wildman–Crippen LogP) is 4.72. The minimum absolute atomic E-state index is 0.0559. The summed E-state index contributed by atoms with van der Waals surface area (Å²) in [5, 5.41) is 1.14. The molecule has 0 atom stereocenters. The Morgan fingerprint density at radius 1 is 1.36 bits per heavy atom. The molecule has 0 radical (unpaired) electrons. The van der Waals surface area contributed by atoms with Crippen LogP contribution in [0.4, 0.5) is 0 Å². The highest BCUT2D eigenvalue weighted by atomic mass is 79.9. The molecule has 1 N–H and O–H groups in total. The Labute approximate surface area is 158 Å². The number of aromatic amines is 1. The van der Waals surface area contributed by atoms with Crippen LogP contribution in [0.5, 0.6) is 0 Å². The van der Waals surface area contributed by atoms with Crippen LogP contribution in [-0.2, 0) is 4.79 Å². The molecule has 6 heteroatoms. The number of nitrogens with zero attached hydrogens (tertiary/aromatic N) is 2. The van der Waals surface area contributed by atoms with E-state index in [-0.39, 0.29) is 5.91 Å². The quantitative estimate of drug-likeness (QED) is 0.631. The van der Waals surface area contributed by atoms with Gasteiger partial charge in [0.2, 0.25) is 5.91 Å². The summed E-state index contributed by atoms with van der Waals surface area (Å²) in [5.41, 5.74) is 3.37. The second-order valence-electron chi connectivity index (χ2n) is 5.84. The fourth-order valence-electron chi connectivity index (χ4n) is 3.01. The molecule has 4 heterocycles. The van der Waals surface area contributed by atoms with Crippen molar-refractivity contribution in [2.24, 2.45) is 0 Å². The van der Waals surface area contributed by atoms with E-state index in [0.717, 1.165) is 32.7 Å². The SMILES string of the molecule is O=C(/C=C/c1ccc(Br)s1)N1CC=C(c2c[nH]c3ncccc23)CC1. The molecule has 0 unspecified atom stereocenters. The lowest BCUT2D eigenvalue weighted by atomic mass is 9.99. The van der Waals surface area contributed by atoms with Gasteiger partial charge in [0.05, 0.1) is 3.79 Å². The minimum atomic E-state index is 0.0559. The molecule has 4 nitrogen and oxygen atoms in total. The van der Waals surface area contributed by atoms with Crippen LogP contribution in [0.2, 0.25) is 0 Å². The Bertz CT molecular complexity index is 985. The third-order valence-electron chi connectivity index (χ3n) is 4.30. The first-order chi connectivity index (χ1) is 12.2. The zero-order valence-electron chi connectivity index (χ0n) is 13.4. The second kappa shape index (κ2) is 6.98. The molecule has 3 aromatic rings. The maximum absolute atomic E-state index is 12.4. The third kappa shape index (κ3) is 3.45. The smallest absolute Gasteiger partial charge is 0.246 e. The molecule has 0 aromatic carbocycles. The molecule has 1 aliphatic heterocycles. The third-order valence-corrected chi connectivity index (χ3v) is 5.89. The number of pyridine rings is 1. The summed E-state index contributed by atoms with van der Waals surface area (Å²) >= 11 is 5.05. The fraction of sp³-hybridized carbons (Fsp3) is 0.158. The first-order valence-corrected chi connectivity index (χ1v) is 9.65. The van der Waals surface area contributed by atoms with Crippen LogP contribution in [0.15, 0.2) is 52.6 Å². The molecule has 0 aliphatic carbocycles. The van der Waals surface area contributed by atoms with E-state index in [1.54, 1.807) is 23.6 Å². The molecule has 0 bridgehead atoms. The molecule has 1 aliphatic rings. The van der Waals surface area contributed by atoms with E-state index in [1.165, 1.54) is 11.1 Å². The number of thiophene rings is 1. The predicted molar refractivity (Wildman–Crippen MR) is 106 cm³/mol. The maximum Gasteiger partial charge on any atom is 0.246 e. The Balaban J connectivity index is 1.46. The number of rotatable bonds is 3. The minimum Gasteiger partial charge on any atom is -0.346 e. The van der Waals surface area contributed by atoms with Crippen LogP contribution in [-0.4, -0.2) is 33.9 Å². The summed E-state index contributed by atoms with van der Waals surface area (Å²) in [6.45, 7) is 1.37. The number of halogens is 1. The molecule has 0 fully saturated rings. The lowest BCUT2D eigenvalue weighted by Gasteiger charge is -2.25. The first-order valence-electron chi connectivity index (χ1n) is 8.04. The van der Waals surface area contributed by atoms with Crippen LogP contribution in [0, 0.1) is 0 Å². The molecule has 4 rings (SSSR count). The maximum atomic E-state index is 12.4. The van der Waals surface area contributed by atoms with E-state index in [2.05, 4.69) is 38.0 Å². The number of amides is 1. The van der Waals surface area contributed by atoms with Gasteiger partial charge in [-0.25, -0.2) is 4.98 Å². The van der Waals surface area contributed by atoms with Crippen molar-refractivity contribution in [1.82, 2.24) is 14.9 Å². The van der Waals surface area contributed by atoms with Crippen LogP contribution < -0.4 is 0 Å². The van der Waals surface area contributed by atoms with E-state index in [9.17, 15) is 4.79 Å². The Morgan fingerprint density at radius 3 is 3.04 bits per heavy atom. The molecular weight excluding hydrogens is 398 g/mol. The summed E-state index contributed by atoms with van der Waals surface area (Å²) in [6, 6.07) is 8.01. The lowest BCUT2D eigenvalue weighted by molar-refractivity contribution is -0.125. The second-order valence-corrected chi connectivity index (χ2v) is 8.34. The number of fused-ring (bicyclic) bond motifs is 1. The highest BCUT2D eigenvalue weighted by Crippen LogP contribution is 2.28. The van der Waals surface area contributed by atoms with E-state index >= 15 is 0 Å². The van der Waals surface area contributed by atoms with Crippen LogP contribution in [0.3, 0.4) is 0 Å². The average molecular weight is 414 g/mol. The van der Waals surface area contributed by atoms with Gasteiger partial charge < -0.3 is 9.88 Å². The van der Waals surface area contributed by atoms with Crippen LogP contribution in [0.1, 0.15) is 16.9 Å². The summed E-state index contributed by atoms with van der Waals surface area (Å²) < 4.78 is 1.07. The molecule has 25 heavy (non-hydrogen) atoms. The fourth-order valence-corrected chi connectivity index (χ4v) is 4.34. The average Bonchev–Trinajstić information content (AvgIpc) is 3.26. The van der Waals surface area contributed by atoms with Crippen molar-refractivity contribution >= 4 is 55.9 Å². The largest absolute Gasteiger partial charge is 0.346 e. The van der Waals surface area contributed by atoms with Crippen LogP contribution >= 0.6 is 27.3 Å². The number of hydrogen-bond donors (Lipinski definition) is 1. The van der Waals surface area contributed by atoms with Crippen molar-refractivity contribution in [3.63, 3.8) is 0 Å². The lowest BCUT2D eigenvalue weighted by Crippen LogP contribution is -2.33. The molecule has 126 valence electrons. The van der Waals surface area contributed by atoms with Crippen molar-refractivity contribution in [1.29, 1.82) is 0 Å². The van der Waals surface area contributed by atoms with E-state index < -0.39 is 0 Å². The number of nitrogens with one attached hydrogen (secondary N) is 1. The van der Waals surface area contributed by atoms with Gasteiger partial charge in [0.1, 0.15) is 5.65 Å². The van der Waals surface area contributed by atoms with Gasteiger partial charge in [0.25, 0.3) is 0 Å². The van der Waals surface area contributed by atoms with Gasteiger partial charge in [0, 0.05) is 47.4 Å². The van der Waals surface area contributed by atoms with Gasteiger partial charge in [-0.1, -0.05) is 6.08 Å². The van der Waals surface area contributed by atoms with E-state index in [4.69, 9.17) is 0 Å². The number of hydrogen-bond acceptors (Lipinski definition) is 3. The van der Waals surface area contributed by atoms with Crippen molar-refractivity contribution in [3.8, 4) is 0 Å². The van der Waals surface area contributed by atoms with Gasteiger partial charge >= 0.3 is 0 Å². The summed E-state index contributed by atoms with van der Waals surface area (Å²) in [6.07, 6.45) is 10.3. The van der Waals surface area contributed by atoms with Crippen molar-refractivity contribution in [3.05, 3.63) is 63.0 Å². The summed E-state index contributed by atoms with van der Waals surface area (Å²) in [7, 11) is 0. The highest BCUT2D eigenvalue weighted by molar-refractivity contribution is 9.11. The van der Waals surface area contributed by atoms with E-state index in [1.807, 2.05) is 35.4 Å². The van der Waals surface area contributed by atoms with Crippen LogP contribution in [0.25, 0.3) is 22.7 Å². The number of carbonyl (C=O) groups excluding carboxylic acids is 1. The summed E-state index contributed by atoms with van der Waals surface area (Å²) in [5.74, 6) is 0.0559. The Hall–Kier alpha value is -2.18. The highest BCUT2D eigenvalue weighted by Gasteiger charge is 2.18. The normalized spacial score (nSPS) is 15.1. The topological polar surface area (TPSA) is 49.0 Å². The van der Waals surface area contributed by atoms with E-state index in [0.29, 0.717) is 6.54 Å². The Morgan fingerprint density at radius 2 is 2.28 bits per heavy atom. The van der Waals surface area contributed by atoms with Gasteiger partial charge in [-0.3, -0.25) is 4.79 Å². The van der Waals surface area contributed by atoms with Gasteiger partial charge in [-0.15, -0.1) is 11.3 Å². The molecular formula is C19H16BrN3OS. The Kier molecular flexibility index (Phi) is 4.55. The standard InChI is InChI=1S/C19H16BrN3OS/c20-17-5-3-14(25-17)4-6-18(24)23-10-7-13(8-11-23)16-12-22-19-15(16)2-1-9-21-19/h1-7,9,12H,8,10-11H2,(H,21,22)/b6-4+. The monoisotopic (exact) mass is 413 g/mol. The van der Waals surface area contributed by atoms with Gasteiger partial charge in [0.15, 0.2) is 0 Å². The molecule has 1 amide bonds. The number of H-pyrrole nitrogens is 1. The van der Waals surface area contributed by atoms with Crippen molar-refractivity contribution < 1.29 is 4.79 Å². The first kappa shape index (κ1) is 16.3.